The van der Waals surface area contributed by atoms with E-state index in [4.69, 9.17) is 4.52 Å². The van der Waals surface area contributed by atoms with Crippen molar-refractivity contribution in [3.8, 4) is 11.4 Å². The number of sulfonamides is 1. The van der Waals surface area contributed by atoms with Gasteiger partial charge in [0.1, 0.15) is 0 Å². The number of aromatic nitrogens is 2. The van der Waals surface area contributed by atoms with Gasteiger partial charge in [-0.25, -0.2) is 8.42 Å². The number of nitrogens with zero attached hydrogens (tertiary/aromatic N) is 3. The van der Waals surface area contributed by atoms with E-state index in [0.717, 1.165) is 5.56 Å². The Kier molecular flexibility index (Phi) is 6.09. The molecule has 8 nitrogen and oxygen atoms in total. The second-order valence-corrected chi connectivity index (χ2v) is 8.62. The number of hydrogen-bond donors (Lipinski definition) is 1. The Morgan fingerprint density at radius 2 is 1.76 bits per heavy atom. The van der Waals surface area contributed by atoms with Gasteiger partial charge in [0.25, 0.3) is 0 Å². The van der Waals surface area contributed by atoms with Gasteiger partial charge < -0.3 is 9.84 Å². The normalized spacial score (nSPS) is 11.8. The molecule has 0 bridgehead atoms. The summed E-state index contributed by atoms with van der Waals surface area (Å²) in [6.07, 6.45) is 0. The highest BCUT2D eigenvalue weighted by atomic mass is 32.2. The molecule has 0 fully saturated rings. The summed E-state index contributed by atoms with van der Waals surface area (Å²) in [5, 5.41) is 6.56. The number of nitrogens with one attached hydrogen (secondary N) is 1. The predicted octanol–water partition coefficient (Wildman–Crippen LogP) is 3.29. The van der Waals surface area contributed by atoms with Gasteiger partial charge in [0.15, 0.2) is 0 Å². The summed E-state index contributed by atoms with van der Waals surface area (Å²) in [7, 11) is -3.81. The minimum Gasteiger partial charge on any atom is -0.338 e. The highest BCUT2D eigenvalue weighted by molar-refractivity contribution is 7.89. The number of benzene rings is 2. The molecule has 0 unspecified atom stereocenters. The van der Waals surface area contributed by atoms with Crippen molar-refractivity contribution in [2.24, 2.45) is 0 Å². The van der Waals surface area contributed by atoms with Crippen molar-refractivity contribution < 1.29 is 17.7 Å². The highest BCUT2D eigenvalue weighted by Crippen LogP contribution is 2.23. The maximum atomic E-state index is 13.1. The third-order valence-corrected chi connectivity index (χ3v) is 6.18. The highest BCUT2D eigenvalue weighted by Gasteiger charge is 2.29. The van der Waals surface area contributed by atoms with Crippen LogP contribution in [0.4, 0.5) is 5.69 Å². The fourth-order valence-electron chi connectivity index (χ4n) is 2.75. The van der Waals surface area contributed by atoms with E-state index in [1.807, 2.05) is 30.3 Å². The Morgan fingerprint density at radius 3 is 2.34 bits per heavy atom. The Labute approximate surface area is 169 Å². The molecule has 1 N–H and O–H groups in total. The predicted molar refractivity (Wildman–Crippen MR) is 108 cm³/mol. The van der Waals surface area contributed by atoms with Gasteiger partial charge in [-0.2, -0.15) is 9.29 Å². The van der Waals surface area contributed by atoms with E-state index in [9.17, 15) is 13.2 Å². The van der Waals surface area contributed by atoms with E-state index >= 15 is 0 Å². The van der Waals surface area contributed by atoms with Crippen molar-refractivity contribution in [2.75, 3.05) is 5.32 Å². The Balaban J connectivity index is 1.84. The number of anilines is 1. The van der Waals surface area contributed by atoms with Gasteiger partial charge in [0.2, 0.25) is 27.6 Å². The molecular weight excluding hydrogens is 392 g/mol. The van der Waals surface area contributed by atoms with Gasteiger partial charge in [-0.1, -0.05) is 35.5 Å². The smallest absolute Gasteiger partial charge is 0.243 e. The molecule has 3 rings (SSSR count). The summed E-state index contributed by atoms with van der Waals surface area (Å²) < 4.78 is 32.8. The van der Waals surface area contributed by atoms with E-state index in [2.05, 4.69) is 15.5 Å². The summed E-state index contributed by atoms with van der Waals surface area (Å²) >= 11 is 0. The number of carbonyl (C=O) groups excluding carboxylic acids is 1. The summed E-state index contributed by atoms with van der Waals surface area (Å²) in [5.74, 6) is 0.382. The molecule has 0 atom stereocenters. The standard InChI is InChI=1S/C20H22N4O4S/c1-14(2)24(13-19-22-20(23-28-19)16-7-5-4-6-8-16)29(26,27)18-11-9-17(10-12-18)21-15(3)25/h4-12,14H,13H2,1-3H3,(H,21,25). The third kappa shape index (κ3) is 4.87. The third-order valence-electron chi connectivity index (χ3n) is 4.15. The lowest BCUT2D eigenvalue weighted by Gasteiger charge is -2.24. The van der Waals surface area contributed by atoms with Gasteiger partial charge in [-0.05, 0) is 38.1 Å². The molecule has 0 saturated heterocycles. The van der Waals surface area contributed by atoms with Crippen LogP contribution in [0, 0.1) is 0 Å². The van der Waals surface area contributed by atoms with Crippen molar-refractivity contribution in [3.05, 3.63) is 60.5 Å². The lowest BCUT2D eigenvalue weighted by atomic mass is 10.2. The molecule has 0 aliphatic carbocycles. The van der Waals surface area contributed by atoms with E-state index in [-0.39, 0.29) is 29.3 Å². The van der Waals surface area contributed by atoms with Crippen molar-refractivity contribution in [3.63, 3.8) is 0 Å². The monoisotopic (exact) mass is 414 g/mol. The van der Waals surface area contributed by atoms with Gasteiger partial charge in [-0.3, -0.25) is 4.79 Å². The van der Waals surface area contributed by atoms with Crippen molar-refractivity contribution >= 4 is 21.6 Å². The molecule has 9 heteroatoms. The van der Waals surface area contributed by atoms with Gasteiger partial charge in [0.05, 0.1) is 11.4 Å². The average molecular weight is 414 g/mol. The maximum Gasteiger partial charge on any atom is 0.243 e. The number of rotatable bonds is 7. The molecule has 1 amide bonds. The van der Waals surface area contributed by atoms with Crippen molar-refractivity contribution in [1.82, 2.24) is 14.4 Å². The average Bonchev–Trinajstić information content (AvgIpc) is 3.15. The molecule has 2 aromatic carbocycles. The molecule has 0 spiro atoms. The summed E-state index contributed by atoms with van der Waals surface area (Å²) in [4.78, 5) is 15.6. The molecule has 3 aromatic rings. The van der Waals surface area contributed by atoms with Gasteiger partial charge >= 0.3 is 0 Å². The second kappa shape index (κ2) is 8.54. The van der Waals surface area contributed by atoms with Crippen LogP contribution in [-0.4, -0.2) is 34.8 Å². The number of hydrogen-bond acceptors (Lipinski definition) is 6. The molecule has 1 aromatic heterocycles. The van der Waals surface area contributed by atoms with Crippen LogP contribution < -0.4 is 5.32 Å². The van der Waals surface area contributed by atoms with E-state index < -0.39 is 10.0 Å². The Hall–Kier alpha value is -3.04. The fraction of sp³-hybridized carbons (Fsp3) is 0.250. The summed E-state index contributed by atoms with van der Waals surface area (Å²) in [6.45, 7) is 4.89. The van der Waals surface area contributed by atoms with Crippen LogP contribution in [0.25, 0.3) is 11.4 Å². The molecule has 0 saturated carbocycles. The molecule has 1 heterocycles. The molecule has 152 valence electrons. The lowest BCUT2D eigenvalue weighted by molar-refractivity contribution is -0.114. The topological polar surface area (TPSA) is 105 Å². The molecule has 0 radical (unpaired) electrons. The Morgan fingerprint density at radius 1 is 1.10 bits per heavy atom. The van der Waals surface area contributed by atoms with Crippen LogP contribution in [0.5, 0.6) is 0 Å². The quantitative estimate of drug-likeness (QED) is 0.636. The lowest BCUT2D eigenvalue weighted by Crippen LogP contribution is -2.36. The number of carbonyl (C=O) groups is 1. The van der Waals surface area contributed by atoms with Crippen LogP contribution in [0.3, 0.4) is 0 Å². The van der Waals surface area contributed by atoms with Gasteiger partial charge in [0, 0.05) is 24.2 Å². The van der Waals surface area contributed by atoms with E-state index in [0.29, 0.717) is 11.5 Å². The maximum absolute atomic E-state index is 13.1. The van der Waals surface area contributed by atoms with Crippen LogP contribution in [0.2, 0.25) is 0 Å². The zero-order chi connectivity index (χ0) is 21.0. The molecule has 29 heavy (non-hydrogen) atoms. The Bertz CT molecular complexity index is 1080. The minimum absolute atomic E-state index is 0.0483. The first-order valence-electron chi connectivity index (χ1n) is 9.05. The summed E-state index contributed by atoms with van der Waals surface area (Å²) in [5.41, 5.74) is 1.31. The van der Waals surface area contributed by atoms with Crippen molar-refractivity contribution in [2.45, 2.75) is 38.3 Å². The van der Waals surface area contributed by atoms with Crippen LogP contribution in [-0.2, 0) is 21.4 Å². The van der Waals surface area contributed by atoms with Crippen LogP contribution in [0.1, 0.15) is 26.7 Å². The first kappa shape index (κ1) is 20.7. The van der Waals surface area contributed by atoms with Crippen molar-refractivity contribution in [1.29, 1.82) is 0 Å². The second-order valence-electron chi connectivity index (χ2n) is 6.73. The van der Waals surface area contributed by atoms with E-state index in [1.54, 1.807) is 26.0 Å². The summed E-state index contributed by atoms with van der Waals surface area (Å²) in [6, 6.07) is 15.0. The fourth-order valence-corrected chi connectivity index (χ4v) is 4.34. The SMILES string of the molecule is CC(=O)Nc1ccc(S(=O)(=O)N(Cc2nc(-c3ccccc3)no2)C(C)C)cc1. The van der Waals surface area contributed by atoms with Gasteiger partial charge in [-0.15, -0.1) is 0 Å². The van der Waals surface area contributed by atoms with Crippen LogP contribution in [0.15, 0.2) is 64.0 Å². The largest absolute Gasteiger partial charge is 0.338 e. The zero-order valence-electron chi connectivity index (χ0n) is 16.4. The molecular formula is C20H22N4O4S. The first-order valence-corrected chi connectivity index (χ1v) is 10.5. The number of amides is 1. The minimum atomic E-state index is -3.81. The molecule has 0 aliphatic heterocycles. The zero-order valence-corrected chi connectivity index (χ0v) is 17.2. The molecule has 0 aliphatic rings. The van der Waals surface area contributed by atoms with Crippen LogP contribution >= 0.6 is 0 Å². The first-order chi connectivity index (χ1) is 13.8. The van der Waals surface area contributed by atoms with E-state index in [1.165, 1.54) is 23.4 Å².